The summed E-state index contributed by atoms with van der Waals surface area (Å²) in [5.41, 5.74) is 55.9. The summed E-state index contributed by atoms with van der Waals surface area (Å²) in [4.78, 5) is 151. The Morgan fingerprint density at radius 3 is 1.40 bits per heavy atom. The Balaban J connectivity index is 2.56. The molecule has 0 unspecified atom stereocenters. The number of carboxylic acid groups (broad SMARTS) is 1. The standard InChI is InChI=1S/C50H85N21O12/c1-2-23-83-50(82)71-35(25-28-14-16-29(17-15-28)64-49(59)60)44(80)68-33(18-19-38(73)74)42(78)70-36(26-37(51)72)45(81)69-34(24-27-9-4-3-5-10-27)43(79)67-32(13-8-22-63-48(57)58)41(77)66-31(12-7-21-62-47(55)56)40(76)65-30(39(52)75)11-6-20-61-46(53)54/h14-17,27,30-36H,2-13,18-26H2,1H3,(H2,51,72)(H2,52,75)(H,65,76)(H,66,77)(H,67,79)(H,68,80)(H,69,81)(H,70,78)(H,71,82)(H,73,74)(H4,53,54,61)(H4,55,56,62)(H4,57,58,63)(H4,59,60,64)/t30-,31-,32-,33-,34-,35-,36-/m0/s1. The molecule has 0 aliphatic heterocycles. The van der Waals surface area contributed by atoms with Gasteiger partial charge in [0.05, 0.1) is 18.7 Å². The van der Waals surface area contributed by atoms with Crippen molar-refractivity contribution in [1.82, 2.24) is 37.2 Å². The highest BCUT2D eigenvalue weighted by atomic mass is 16.5. The summed E-state index contributed by atoms with van der Waals surface area (Å²) in [6, 6.07) is -4.25. The maximum atomic E-state index is 14.6. The van der Waals surface area contributed by atoms with E-state index < -0.39 is 121 Å². The Hall–Kier alpha value is -9.20. The average molecular weight is 1170 g/mol. The number of alkyl carbamates (subject to hydrolysis) is 1. The number of ether oxygens (including phenoxy) is 1. The minimum absolute atomic E-state index is 0.00286. The van der Waals surface area contributed by atoms with Crippen LogP contribution in [0, 0.1) is 5.92 Å². The van der Waals surface area contributed by atoms with Gasteiger partial charge in [0.1, 0.15) is 42.3 Å². The second-order valence-electron chi connectivity index (χ2n) is 19.7. The number of aliphatic carboxylic acids is 1. The first kappa shape index (κ1) is 69.9. The van der Waals surface area contributed by atoms with Gasteiger partial charge in [0, 0.05) is 32.5 Å². The fourth-order valence-electron chi connectivity index (χ4n) is 8.58. The molecule has 9 amide bonds. The van der Waals surface area contributed by atoms with E-state index in [4.69, 9.17) is 62.1 Å². The molecular formula is C50H85N21O12. The van der Waals surface area contributed by atoms with E-state index in [1.807, 2.05) is 0 Å². The summed E-state index contributed by atoms with van der Waals surface area (Å²) in [7, 11) is 0. The van der Waals surface area contributed by atoms with E-state index in [2.05, 4.69) is 57.2 Å². The number of benzene rings is 1. The van der Waals surface area contributed by atoms with Crippen LogP contribution < -0.4 is 94.6 Å². The van der Waals surface area contributed by atoms with Crippen molar-refractivity contribution >= 4 is 88.8 Å². The van der Waals surface area contributed by atoms with Crippen molar-refractivity contribution in [3.05, 3.63) is 29.8 Å². The largest absolute Gasteiger partial charge is 0.481 e. The molecule has 83 heavy (non-hydrogen) atoms. The van der Waals surface area contributed by atoms with Crippen molar-refractivity contribution in [1.29, 1.82) is 0 Å². The Morgan fingerprint density at radius 2 is 0.952 bits per heavy atom. The molecule has 0 heterocycles. The number of nitrogens with two attached hydrogens (primary N) is 10. The number of carbonyl (C=O) groups excluding carboxylic acids is 9. The van der Waals surface area contributed by atoms with Crippen molar-refractivity contribution in [2.24, 2.45) is 83.2 Å². The molecule has 7 atom stereocenters. The van der Waals surface area contributed by atoms with Gasteiger partial charge < -0.3 is 104 Å². The van der Waals surface area contributed by atoms with Crippen LogP contribution in [-0.2, 0) is 54.3 Å². The number of nitrogens with zero attached hydrogens (tertiary/aromatic N) is 4. The number of nitrogens with one attached hydrogen (secondary N) is 7. The monoisotopic (exact) mass is 1170 g/mol. The second kappa shape index (κ2) is 37.7. The molecule has 0 aromatic heterocycles. The average Bonchev–Trinajstić information content (AvgIpc) is 3.43. The molecule has 0 spiro atoms. The molecule has 0 bridgehead atoms. The molecule has 0 radical (unpaired) electrons. The molecule has 1 aromatic rings. The van der Waals surface area contributed by atoms with Gasteiger partial charge in [-0.2, -0.15) is 0 Å². The molecule has 1 saturated carbocycles. The first-order valence-corrected chi connectivity index (χ1v) is 27.2. The van der Waals surface area contributed by atoms with E-state index in [0.717, 1.165) is 19.3 Å². The zero-order valence-electron chi connectivity index (χ0n) is 46.8. The van der Waals surface area contributed by atoms with Crippen LogP contribution in [0.3, 0.4) is 0 Å². The predicted molar refractivity (Wildman–Crippen MR) is 307 cm³/mol. The molecule has 2 rings (SSSR count). The number of rotatable bonds is 38. The molecule has 33 heteroatoms. The van der Waals surface area contributed by atoms with Crippen molar-refractivity contribution in [3.63, 3.8) is 0 Å². The molecule has 1 fully saturated rings. The minimum atomic E-state index is -1.83. The third kappa shape index (κ3) is 29.7. The van der Waals surface area contributed by atoms with Gasteiger partial charge >= 0.3 is 12.1 Å². The van der Waals surface area contributed by atoms with Gasteiger partial charge in [0.15, 0.2) is 23.8 Å². The zero-order valence-corrected chi connectivity index (χ0v) is 46.8. The number of aliphatic imine (C=N–C) groups is 4. The third-order valence-corrected chi connectivity index (χ3v) is 12.7. The lowest BCUT2D eigenvalue weighted by molar-refractivity contribution is -0.138. The third-order valence-electron chi connectivity index (χ3n) is 12.7. The zero-order chi connectivity index (χ0) is 62.0. The number of hydrogen-bond acceptors (Lipinski definition) is 15. The highest BCUT2D eigenvalue weighted by Gasteiger charge is 2.36. The van der Waals surface area contributed by atoms with Gasteiger partial charge in [-0.3, -0.25) is 58.1 Å². The SMILES string of the molecule is CCCOC(=O)N[C@@H](Cc1ccc(N=C(N)N)cc1)C(=O)N[C@@H](CCC(=O)O)C(=O)N[C@@H](CC(N)=O)C(=O)N[C@@H](CC1CCCCC1)C(=O)N[C@@H](CCCN=C(N)N)C(=O)N[C@@H](CCCN=C(N)N)C(=O)N[C@@H](CCCN=C(N)N)C(N)=O. The van der Waals surface area contributed by atoms with Crippen LogP contribution >= 0.6 is 0 Å². The number of guanidine groups is 4. The first-order chi connectivity index (χ1) is 39.3. The van der Waals surface area contributed by atoms with Crippen LogP contribution in [0.5, 0.6) is 0 Å². The normalized spacial score (nSPS) is 14.5. The molecule has 0 saturated heterocycles. The molecular weight excluding hydrogens is 1090 g/mol. The van der Waals surface area contributed by atoms with Crippen molar-refractivity contribution < 1.29 is 57.8 Å². The van der Waals surface area contributed by atoms with Crippen molar-refractivity contribution in [2.45, 2.75) is 158 Å². The summed E-state index contributed by atoms with van der Waals surface area (Å²) in [5, 5.41) is 27.3. The number of primary amides is 2. The maximum Gasteiger partial charge on any atom is 0.407 e. The molecule has 28 N–H and O–H groups in total. The van der Waals surface area contributed by atoms with E-state index in [9.17, 15) is 53.1 Å². The predicted octanol–water partition coefficient (Wildman–Crippen LogP) is -5.10. The number of carbonyl (C=O) groups is 10. The smallest absolute Gasteiger partial charge is 0.407 e. The van der Waals surface area contributed by atoms with Crippen LogP contribution in [0.15, 0.2) is 44.2 Å². The van der Waals surface area contributed by atoms with Gasteiger partial charge in [-0.1, -0.05) is 51.2 Å². The van der Waals surface area contributed by atoms with Crippen LogP contribution in [0.4, 0.5) is 10.5 Å². The Kier molecular flexibility index (Phi) is 31.7. The fraction of sp³-hybridized carbons (Fsp3) is 0.600. The molecule has 1 aliphatic carbocycles. The summed E-state index contributed by atoms with van der Waals surface area (Å²) in [5.74, 6) is -10.2. The topological polar surface area (TPSA) is 594 Å². The van der Waals surface area contributed by atoms with E-state index >= 15 is 0 Å². The minimum Gasteiger partial charge on any atom is -0.481 e. The lowest BCUT2D eigenvalue weighted by atomic mass is 9.84. The van der Waals surface area contributed by atoms with Crippen molar-refractivity contribution in [3.8, 4) is 0 Å². The van der Waals surface area contributed by atoms with Gasteiger partial charge in [0.25, 0.3) is 0 Å². The molecule has 1 aromatic carbocycles. The van der Waals surface area contributed by atoms with Crippen LogP contribution in [0.25, 0.3) is 0 Å². The Morgan fingerprint density at radius 1 is 0.530 bits per heavy atom. The van der Waals surface area contributed by atoms with Gasteiger partial charge in [0.2, 0.25) is 47.3 Å². The quantitative estimate of drug-likeness (QED) is 0.0167. The first-order valence-electron chi connectivity index (χ1n) is 27.2. The lowest BCUT2D eigenvalue weighted by Gasteiger charge is -2.30. The lowest BCUT2D eigenvalue weighted by Crippen LogP contribution is -2.60. The van der Waals surface area contributed by atoms with E-state index in [1.165, 1.54) is 12.1 Å². The number of hydrogen-bond donors (Lipinski definition) is 18. The maximum absolute atomic E-state index is 14.6. The van der Waals surface area contributed by atoms with Gasteiger partial charge in [-0.25, -0.2) is 9.79 Å². The van der Waals surface area contributed by atoms with Crippen LogP contribution in [0.1, 0.15) is 115 Å². The number of amides is 9. The van der Waals surface area contributed by atoms with Crippen LogP contribution in [0.2, 0.25) is 0 Å². The molecule has 33 nitrogen and oxygen atoms in total. The van der Waals surface area contributed by atoms with Crippen LogP contribution in [-0.4, -0.2) is 157 Å². The molecule has 462 valence electrons. The molecule has 1 aliphatic rings. The second-order valence-corrected chi connectivity index (χ2v) is 19.7. The summed E-state index contributed by atoms with van der Waals surface area (Å²) < 4.78 is 5.13. The highest BCUT2D eigenvalue weighted by Crippen LogP contribution is 2.28. The van der Waals surface area contributed by atoms with Gasteiger partial charge in [-0.15, -0.1) is 0 Å². The van der Waals surface area contributed by atoms with E-state index in [1.54, 1.807) is 19.1 Å². The Bertz CT molecular complexity index is 2450. The summed E-state index contributed by atoms with van der Waals surface area (Å²) >= 11 is 0. The van der Waals surface area contributed by atoms with E-state index in [0.29, 0.717) is 30.5 Å². The summed E-state index contributed by atoms with van der Waals surface area (Å²) in [6.45, 7) is 1.88. The van der Waals surface area contributed by atoms with Crippen molar-refractivity contribution in [2.75, 3.05) is 26.2 Å². The fourth-order valence-corrected chi connectivity index (χ4v) is 8.58. The Labute approximate surface area is 480 Å². The highest BCUT2D eigenvalue weighted by molar-refractivity contribution is 5.99. The number of carboxylic acids is 1. The summed E-state index contributed by atoms with van der Waals surface area (Å²) in [6.07, 6.45) is 1.28. The van der Waals surface area contributed by atoms with E-state index in [-0.39, 0.29) is 107 Å². The van der Waals surface area contributed by atoms with Gasteiger partial charge in [-0.05, 0) is 81.4 Å².